The summed E-state index contributed by atoms with van der Waals surface area (Å²) < 4.78 is 4.43. The summed E-state index contributed by atoms with van der Waals surface area (Å²) in [6, 6.07) is 0. The third-order valence-electron chi connectivity index (χ3n) is 0.330. The number of hydrogen-bond donors (Lipinski definition) is 0. The standard InChI is InChI=1S/C2H4BN3O/c3-1-7-2-5-6-4/h1-2H2. The highest BCUT2D eigenvalue weighted by Crippen LogP contribution is 1.70. The molecule has 0 spiro atoms. The second-order valence-electron chi connectivity index (χ2n) is 0.731. The number of azide groups is 1. The number of hydrogen-bond acceptors (Lipinski definition) is 2. The van der Waals surface area contributed by atoms with Crippen LogP contribution in [0.4, 0.5) is 0 Å². The molecule has 0 atom stereocenters. The molecule has 0 aliphatic rings. The summed E-state index contributed by atoms with van der Waals surface area (Å²) in [7, 11) is 4.86. The van der Waals surface area contributed by atoms with Gasteiger partial charge in [0.1, 0.15) is 14.6 Å². The van der Waals surface area contributed by atoms with Crippen LogP contribution in [0.3, 0.4) is 0 Å². The lowest BCUT2D eigenvalue weighted by Crippen LogP contribution is -1.90. The number of ether oxygens (including phenoxy) is 1. The van der Waals surface area contributed by atoms with E-state index in [0.717, 1.165) is 0 Å². The van der Waals surface area contributed by atoms with E-state index in [1.807, 2.05) is 0 Å². The van der Waals surface area contributed by atoms with Crippen molar-refractivity contribution in [3.8, 4) is 0 Å². The van der Waals surface area contributed by atoms with Gasteiger partial charge in [0.05, 0.1) is 0 Å². The molecule has 36 valence electrons. The van der Waals surface area contributed by atoms with Gasteiger partial charge >= 0.3 is 0 Å². The summed E-state index contributed by atoms with van der Waals surface area (Å²) in [5.74, 6) is 0. The fourth-order valence-electron chi connectivity index (χ4n) is 0.119. The summed E-state index contributed by atoms with van der Waals surface area (Å²) >= 11 is 0. The quantitative estimate of drug-likeness (QED) is 0.165. The Bertz CT molecular complexity index is 79.0. The Labute approximate surface area is 42.5 Å². The molecule has 0 bridgehead atoms. The summed E-state index contributed by atoms with van der Waals surface area (Å²) in [4.78, 5) is 2.42. The maximum Gasteiger partial charge on any atom is 0.124 e. The Kier molecular flexibility index (Phi) is 4.83. The molecule has 5 heteroatoms. The molecule has 0 heterocycles. The van der Waals surface area contributed by atoms with Gasteiger partial charge in [-0.3, -0.25) is 0 Å². The normalized spacial score (nSPS) is 7.43. The zero-order valence-corrected chi connectivity index (χ0v) is 3.74. The van der Waals surface area contributed by atoms with Gasteiger partial charge in [-0.2, -0.15) is 0 Å². The number of nitrogens with zero attached hydrogens (tertiary/aromatic N) is 3. The van der Waals surface area contributed by atoms with Crippen LogP contribution in [0.5, 0.6) is 0 Å². The largest absolute Gasteiger partial charge is 0.385 e. The first-order valence-electron chi connectivity index (χ1n) is 1.70. The van der Waals surface area contributed by atoms with E-state index in [1.165, 1.54) is 0 Å². The molecule has 0 fully saturated rings. The Hall–Kier alpha value is -0.665. The average molecular weight is 96.9 g/mol. The highest BCUT2D eigenvalue weighted by Gasteiger charge is 1.70. The first-order chi connectivity index (χ1) is 3.41. The smallest absolute Gasteiger partial charge is 0.124 e. The average Bonchev–Trinajstić information content (AvgIpc) is 1.69. The SMILES string of the molecule is [B]COCN=[N+]=[N-]. The topological polar surface area (TPSA) is 58.0 Å². The van der Waals surface area contributed by atoms with Gasteiger partial charge in [-0.15, -0.1) is 0 Å². The predicted octanol–water partition coefficient (Wildman–Crippen LogP) is 0.397. The summed E-state index contributed by atoms with van der Waals surface area (Å²) in [5, 5.41) is 3.04. The third-order valence-corrected chi connectivity index (χ3v) is 0.330. The molecule has 0 N–H and O–H groups in total. The summed E-state index contributed by atoms with van der Waals surface area (Å²) in [6.45, 7) is 0.117. The zero-order valence-electron chi connectivity index (χ0n) is 3.74. The maximum absolute atomic E-state index is 7.63. The van der Waals surface area contributed by atoms with Crippen LogP contribution in [0.2, 0.25) is 0 Å². The van der Waals surface area contributed by atoms with Crippen molar-refractivity contribution in [3.05, 3.63) is 10.4 Å². The van der Waals surface area contributed by atoms with Crippen molar-refractivity contribution in [3.63, 3.8) is 0 Å². The van der Waals surface area contributed by atoms with Gasteiger partial charge in [-0.1, -0.05) is 5.11 Å². The van der Waals surface area contributed by atoms with Crippen molar-refractivity contribution >= 4 is 7.85 Å². The molecule has 0 aromatic heterocycles. The molecular formula is C2H4BN3O. The van der Waals surface area contributed by atoms with Gasteiger partial charge < -0.3 is 4.74 Å². The van der Waals surface area contributed by atoms with Crippen molar-refractivity contribution in [1.29, 1.82) is 0 Å². The summed E-state index contributed by atoms with van der Waals surface area (Å²) in [5.41, 5.74) is 7.63. The molecule has 0 unspecified atom stereocenters. The fourth-order valence-corrected chi connectivity index (χ4v) is 0.119. The lowest BCUT2D eigenvalue weighted by Gasteiger charge is -1.87. The van der Waals surface area contributed by atoms with Crippen molar-refractivity contribution in [2.45, 2.75) is 0 Å². The molecule has 0 saturated heterocycles. The molecular weight excluding hydrogens is 92.9 g/mol. The van der Waals surface area contributed by atoms with Crippen molar-refractivity contribution in [2.24, 2.45) is 5.11 Å². The van der Waals surface area contributed by atoms with Crippen LogP contribution in [0.1, 0.15) is 0 Å². The first kappa shape index (κ1) is 6.33. The van der Waals surface area contributed by atoms with E-state index in [4.69, 9.17) is 13.4 Å². The van der Waals surface area contributed by atoms with Crippen LogP contribution in [-0.2, 0) is 4.74 Å². The molecule has 0 aliphatic heterocycles. The van der Waals surface area contributed by atoms with Crippen LogP contribution >= 0.6 is 0 Å². The third kappa shape index (κ3) is 5.33. The van der Waals surface area contributed by atoms with Crippen LogP contribution in [0.15, 0.2) is 5.11 Å². The molecule has 0 aliphatic carbocycles. The molecule has 0 aromatic carbocycles. The molecule has 0 amide bonds. The Morgan fingerprint density at radius 1 is 1.86 bits per heavy atom. The fraction of sp³-hybridized carbons (Fsp3) is 1.00. The van der Waals surface area contributed by atoms with Crippen molar-refractivity contribution in [2.75, 3.05) is 13.2 Å². The van der Waals surface area contributed by atoms with E-state index in [0.29, 0.717) is 0 Å². The minimum atomic E-state index is 0.0208. The van der Waals surface area contributed by atoms with E-state index in [1.54, 1.807) is 0 Å². The predicted molar refractivity (Wildman–Crippen MR) is 25.7 cm³/mol. The Morgan fingerprint density at radius 3 is 3.00 bits per heavy atom. The minimum absolute atomic E-state index is 0.0208. The lowest BCUT2D eigenvalue weighted by atomic mass is 10.2. The molecule has 0 rings (SSSR count). The monoisotopic (exact) mass is 97.0 g/mol. The van der Waals surface area contributed by atoms with E-state index >= 15 is 0 Å². The van der Waals surface area contributed by atoms with Gasteiger partial charge in [0.2, 0.25) is 0 Å². The van der Waals surface area contributed by atoms with Gasteiger partial charge in [0.15, 0.2) is 0 Å². The van der Waals surface area contributed by atoms with Gasteiger partial charge in [-0.05, 0) is 5.53 Å². The molecule has 4 nitrogen and oxygen atoms in total. The van der Waals surface area contributed by atoms with E-state index < -0.39 is 0 Å². The Morgan fingerprint density at radius 2 is 2.57 bits per heavy atom. The highest BCUT2D eigenvalue weighted by atomic mass is 16.5. The first-order valence-corrected chi connectivity index (χ1v) is 1.70. The van der Waals surface area contributed by atoms with Crippen LogP contribution in [-0.4, -0.2) is 21.1 Å². The van der Waals surface area contributed by atoms with Gasteiger partial charge in [0, 0.05) is 11.4 Å². The Balaban J connectivity index is 2.83. The number of rotatable bonds is 3. The second kappa shape index (κ2) is 5.33. The van der Waals surface area contributed by atoms with Gasteiger partial charge in [-0.25, -0.2) is 0 Å². The van der Waals surface area contributed by atoms with Gasteiger partial charge in [0.25, 0.3) is 0 Å². The molecule has 7 heavy (non-hydrogen) atoms. The van der Waals surface area contributed by atoms with Crippen LogP contribution < -0.4 is 0 Å². The molecule has 0 saturated carbocycles. The van der Waals surface area contributed by atoms with Crippen LogP contribution in [0.25, 0.3) is 10.4 Å². The second-order valence-corrected chi connectivity index (χ2v) is 0.731. The molecule has 0 aromatic rings. The van der Waals surface area contributed by atoms with E-state index in [9.17, 15) is 0 Å². The van der Waals surface area contributed by atoms with Crippen molar-refractivity contribution in [1.82, 2.24) is 0 Å². The highest BCUT2D eigenvalue weighted by molar-refractivity contribution is 6.08. The summed E-state index contributed by atoms with van der Waals surface area (Å²) in [6.07, 6.45) is 0. The van der Waals surface area contributed by atoms with Crippen LogP contribution in [0, 0.1) is 0 Å². The lowest BCUT2D eigenvalue weighted by molar-refractivity contribution is 0.187. The minimum Gasteiger partial charge on any atom is -0.385 e. The zero-order chi connectivity index (χ0) is 5.54. The maximum atomic E-state index is 7.63. The molecule has 2 radical (unpaired) electrons. The van der Waals surface area contributed by atoms with E-state index in [-0.39, 0.29) is 13.2 Å². The van der Waals surface area contributed by atoms with E-state index in [2.05, 4.69) is 14.8 Å². The van der Waals surface area contributed by atoms with Crippen molar-refractivity contribution < 1.29 is 4.74 Å².